The van der Waals surface area contributed by atoms with Crippen molar-refractivity contribution in [3.63, 3.8) is 0 Å². The zero-order valence-corrected chi connectivity index (χ0v) is 10.00. The van der Waals surface area contributed by atoms with E-state index >= 15 is 0 Å². The van der Waals surface area contributed by atoms with E-state index in [1.807, 2.05) is 19.1 Å². The van der Waals surface area contributed by atoms with Gasteiger partial charge in [0.15, 0.2) is 0 Å². The van der Waals surface area contributed by atoms with Gasteiger partial charge in [0.25, 0.3) is 0 Å². The van der Waals surface area contributed by atoms with E-state index in [0.717, 1.165) is 12.0 Å². The summed E-state index contributed by atoms with van der Waals surface area (Å²) >= 11 is 5.82. The maximum atomic E-state index is 11.6. The molecule has 1 amide bonds. The molecule has 0 radical (unpaired) electrons. The molecule has 1 atom stereocenters. The van der Waals surface area contributed by atoms with Crippen molar-refractivity contribution in [2.75, 3.05) is 6.61 Å². The second-order valence-corrected chi connectivity index (χ2v) is 4.10. The third-order valence-corrected chi connectivity index (χ3v) is 2.57. The molecule has 16 heavy (non-hydrogen) atoms. The summed E-state index contributed by atoms with van der Waals surface area (Å²) in [5.41, 5.74) is 0.873. The number of carbonyl (C=O) groups excluding carboxylic acids is 1. The smallest absolute Gasteiger partial charge is 0.224 e. The van der Waals surface area contributed by atoms with E-state index in [4.69, 9.17) is 16.7 Å². The number of amides is 1. The van der Waals surface area contributed by atoms with Crippen LogP contribution in [-0.2, 0) is 11.2 Å². The third kappa shape index (κ3) is 4.21. The standard InChI is InChI=1S/C12H16ClNO2/c1-2-11(8-15)14-12(16)7-9-4-3-5-10(13)6-9/h3-6,11,15H,2,7-8H2,1H3,(H,14,16). The average molecular weight is 242 g/mol. The van der Waals surface area contributed by atoms with Crippen molar-refractivity contribution in [1.29, 1.82) is 0 Å². The van der Waals surface area contributed by atoms with Crippen molar-refractivity contribution in [3.8, 4) is 0 Å². The van der Waals surface area contributed by atoms with Gasteiger partial charge < -0.3 is 10.4 Å². The number of carbonyl (C=O) groups is 1. The van der Waals surface area contributed by atoms with Crippen molar-refractivity contribution in [2.24, 2.45) is 0 Å². The lowest BCUT2D eigenvalue weighted by Gasteiger charge is -2.13. The van der Waals surface area contributed by atoms with Crippen LogP contribution in [0.4, 0.5) is 0 Å². The minimum Gasteiger partial charge on any atom is -0.394 e. The normalized spacial score (nSPS) is 12.2. The molecule has 1 rings (SSSR count). The Morgan fingerprint density at radius 3 is 2.88 bits per heavy atom. The molecule has 0 aliphatic heterocycles. The lowest BCUT2D eigenvalue weighted by Crippen LogP contribution is -2.37. The van der Waals surface area contributed by atoms with E-state index in [9.17, 15) is 4.79 Å². The summed E-state index contributed by atoms with van der Waals surface area (Å²) in [5.74, 6) is -0.0943. The number of aliphatic hydroxyl groups is 1. The Hall–Kier alpha value is -1.06. The molecule has 1 aromatic carbocycles. The molecule has 0 aliphatic carbocycles. The summed E-state index contributed by atoms with van der Waals surface area (Å²) in [4.78, 5) is 11.6. The average Bonchev–Trinajstić information content (AvgIpc) is 2.26. The molecule has 1 aromatic rings. The Morgan fingerprint density at radius 2 is 2.31 bits per heavy atom. The van der Waals surface area contributed by atoms with E-state index in [2.05, 4.69) is 5.32 Å². The predicted octanol–water partition coefficient (Wildman–Crippen LogP) is 1.77. The summed E-state index contributed by atoms with van der Waals surface area (Å²) in [6.07, 6.45) is 1.01. The Labute approximate surface area is 100 Å². The fourth-order valence-electron chi connectivity index (χ4n) is 1.39. The molecule has 4 heteroatoms. The van der Waals surface area contributed by atoms with Crippen molar-refractivity contribution in [2.45, 2.75) is 25.8 Å². The number of hydrogen-bond acceptors (Lipinski definition) is 2. The third-order valence-electron chi connectivity index (χ3n) is 2.33. The van der Waals surface area contributed by atoms with Gasteiger partial charge in [-0.05, 0) is 24.1 Å². The van der Waals surface area contributed by atoms with E-state index in [-0.39, 0.29) is 25.0 Å². The summed E-state index contributed by atoms with van der Waals surface area (Å²) in [6, 6.07) is 7.04. The second kappa shape index (κ2) is 6.51. The first-order chi connectivity index (χ1) is 7.65. The molecule has 0 heterocycles. The van der Waals surface area contributed by atoms with Gasteiger partial charge >= 0.3 is 0 Å². The first kappa shape index (κ1) is 13.0. The van der Waals surface area contributed by atoms with E-state index < -0.39 is 0 Å². The van der Waals surface area contributed by atoms with Crippen LogP contribution in [0.5, 0.6) is 0 Å². The van der Waals surface area contributed by atoms with Crippen LogP contribution in [0.25, 0.3) is 0 Å². The molecule has 88 valence electrons. The number of hydrogen-bond donors (Lipinski definition) is 2. The van der Waals surface area contributed by atoms with Gasteiger partial charge in [0.2, 0.25) is 5.91 Å². The number of nitrogens with one attached hydrogen (secondary N) is 1. The van der Waals surface area contributed by atoms with Gasteiger partial charge in [0.05, 0.1) is 19.1 Å². The number of benzene rings is 1. The second-order valence-electron chi connectivity index (χ2n) is 3.66. The zero-order chi connectivity index (χ0) is 12.0. The monoisotopic (exact) mass is 241 g/mol. The van der Waals surface area contributed by atoms with Crippen molar-refractivity contribution in [3.05, 3.63) is 34.9 Å². The number of halogens is 1. The Balaban J connectivity index is 2.51. The van der Waals surface area contributed by atoms with Gasteiger partial charge in [0, 0.05) is 5.02 Å². The lowest BCUT2D eigenvalue weighted by atomic mass is 10.1. The summed E-state index contributed by atoms with van der Waals surface area (Å²) in [6.45, 7) is 1.89. The summed E-state index contributed by atoms with van der Waals surface area (Å²) < 4.78 is 0. The van der Waals surface area contributed by atoms with Gasteiger partial charge in [-0.15, -0.1) is 0 Å². The van der Waals surface area contributed by atoms with E-state index in [1.165, 1.54) is 0 Å². The molecular formula is C12H16ClNO2. The zero-order valence-electron chi connectivity index (χ0n) is 9.24. The van der Waals surface area contributed by atoms with Crippen LogP contribution in [0.3, 0.4) is 0 Å². The molecule has 0 aromatic heterocycles. The summed E-state index contributed by atoms with van der Waals surface area (Å²) in [7, 11) is 0. The highest BCUT2D eigenvalue weighted by Gasteiger charge is 2.09. The van der Waals surface area contributed by atoms with Crippen LogP contribution in [0.15, 0.2) is 24.3 Å². The first-order valence-electron chi connectivity index (χ1n) is 5.30. The SMILES string of the molecule is CCC(CO)NC(=O)Cc1cccc(Cl)c1. The lowest BCUT2D eigenvalue weighted by molar-refractivity contribution is -0.121. The highest BCUT2D eigenvalue weighted by molar-refractivity contribution is 6.30. The number of rotatable bonds is 5. The largest absolute Gasteiger partial charge is 0.394 e. The molecule has 1 unspecified atom stereocenters. The van der Waals surface area contributed by atoms with Crippen LogP contribution >= 0.6 is 11.6 Å². The Morgan fingerprint density at radius 1 is 1.56 bits per heavy atom. The molecule has 0 fully saturated rings. The van der Waals surface area contributed by atoms with Crippen LogP contribution in [0.1, 0.15) is 18.9 Å². The number of aliphatic hydroxyl groups excluding tert-OH is 1. The predicted molar refractivity (Wildman–Crippen MR) is 64.5 cm³/mol. The van der Waals surface area contributed by atoms with Crippen LogP contribution in [0, 0.1) is 0 Å². The van der Waals surface area contributed by atoms with Gasteiger partial charge in [-0.1, -0.05) is 30.7 Å². The van der Waals surface area contributed by atoms with Crippen molar-refractivity contribution in [1.82, 2.24) is 5.32 Å². The molecule has 2 N–H and O–H groups in total. The first-order valence-corrected chi connectivity index (χ1v) is 5.68. The fourth-order valence-corrected chi connectivity index (χ4v) is 1.60. The molecule has 0 saturated heterocycles. The van der Waals surface area contributed by atoms with Crippen molar-refractivity contribution < 1.29 is 9.90 Å². The molecule has 3 nitrogen and oxygen atoms in total. The minimum absolute atomic E-state index is 0.0300. The Kier molecular flexibility index (Phi) is 5.29. The molecule has 0 saturated carbocycles. The van der Waals surface area contributed by atoms with Crippen LogP contribution in [-0.4, -0.2) is 23.7 Å². The van der Waals surface area contributed by atoms with Crippen LogP contribution in [0.2, 0.25) is 5.02 Å². The molecular weight excluding hydrogens is 226 g/mol. The Bertz CT molecular complexity index is 351. The van der Waals surface area contributed by atoms with Gasteiger partial charge in [-0.25, -0.2) is 0 Å². The fraction of sp³-hybridized carbons (Fsp3) is 0.417. The molecule has 0 spiro atoms. The van der Waals surface area contributed by atoms with Crippen LogP contribution < -0.4 is 5.32 Å². The maximum absolute atomic E-state index is 11.6. The quantitative estimate of drug-likeness (QED) is 0.826. The topological polar surface area (TPSA) is 49.3 Å². The van der Waals surface area contributed by atoms with Gasteiger partial charge in [-0.3, -0.25) is 4.79 Å². The highest BCUT2D eigenvalue weighted by Crippen LogP contribution is 2.11. The van der Waals surface area contributed by atoms with Gasteiger partial charge in [0.1, 0.15) is 0 Å². The van der Waals surface area contributed by atoms with Gasteiger partial charge in [-0.2, -0.15) is 0 Å². The van der Waals surface area contributed by atoms with E-state index in [0.29, 0.717) is 5.02 Å². The summed E-state index contributed by atoms with van der Waals surface area (Å²) in [5, 5.41) is 12.3. The molecule has 0 bridgehead atoms. The highest BCUT2D eigenvalue weighted by atomic mass is 35.5. The molecule has 0 aliphatic rings. The van der Waals surface area contributed by atoms with E-state index in [1.54, 1.807) is 12.1 Å². The maximum Gasteiger partial charge on any atom is 0.224 e. The van der Waals surface area contributed by atoms with Crippen molar-refractivity contribution >= 4 is 17.5 Å². The minimum atomic E-state index is -0.160.